The van der Waals surface area contributed by atoms with Crippen LogP contribution in [-0.2, 0) is 22.4 Å². The standard InChI is InChI=1S/C20H29F3O3S/c1-14(2)27(24,25)13-17-8-5-15(6-9-17)4-7-16-10-11-18(20(21,22)23)19(12-16)26-3/h10-12,14-15,17H,4-9,13H2,1-3H3. The number of sulfone groups is 1. The third-order valence-corrected chi connectivity index (χ3v) is 7.94. The summed E-state index contributed by atoms with van der Waals surface area (Å²) in [6.07, 6.45) is 0.969. The molecule has 0 radical (unpaired) electrons. The van der Waals surface area contributed by atoms with E-state index in [0.29, 0.717) is 12.3 Å². The number of alkyl halides is 3. The number of halogens is 3. The smallest absolute Gasteiger partial charge is 0.419 e. The molecule has 2 rings (SSSR count). The molecule has 3 nitrogen and oxygen atoms in total. The number of hydrogen-bond donors (Lipinski definition) is 0. The minimum atomic E-state index is -4.42. The van der Waals surface area contributed by atoms with E-state index >= 15 is 0 Å². The molecular weight excluding hydrogens is 377 g/mol. The van der Waals surface area contributed by atoms with E-state index in [2.05, 4.69) is 0 Å². The van der Waals surface area contributed by atoms with Gasteiger partial charge in [-0.15, -0.1) is 0 Å². The highest BCUT2D eigenvalue weighted by Crippen LogP contribution is 2.37. The number of methoxy groups -OCH3 is 1. The summed E-state index contributed by atoms with van der Waals surface area (Å²) in [4.78, 5) is 0. The van der Waals surface area contributed by atoms with Crippen LogP contribution in [0.3, 0.4) is 0 Å². The summed E-state index contributed by atoms with van der Waals surface area (Å²) in [5.41, 5.74) is 0.0879. The fraction of sp³-hybridized carbons (Fsp3) is 0.700. The molecule has 1 aliphatic rings. The van der Waals surface area contributed by atoms with Crippen molar-refractivity contribution >= 4 is 9.84 Å². The van der Waals surface area contributed by atoms with Gasteiger partial charge in [0, 0.05) is 0 Å². The summed E-state index contributed by atoms with van der Waals surface area (Å²) in [6, 6.07) is 4.08. The minimum absolute atomic E-state index is 0.136. The monoisotopic (exact) mass is 406 g/mol. The highest BCUT2D eigenvalue weighted by Gasteiger charge is 2.34. The molecule has 0 atom stereocenters. The molecule has 1 fully saturated rings. The van der Waals surface area contributed by atoms with E-state index in [0.717, 1.165) is 43.7 Å². The van der Waals surface area contributed by atoms with Crippen molar-refractivity contribution in [3.05, 3.63) is 29.3 Å². The van der Waals surface area contributed by atoms with Gasteiger partial charge in [-0.25, -0.2) is 8.42 Å². The first-order valence-corrected chi connectivity index (χ1v) is 11.2. The first-order chi connectivity index (χ1) is 12.5. The van der Waals surface area contributed by atoms with Gasteiger partial charge in [0.15, 0.2) is 9.84 Å². The van der Waals surface area contributed by atoms with Crippen molar-refractivity contribution in [3.8, 4) is 5.75 Å². The van der Waals surface area contributed by atoms with Gasteiger partial charge >= 0.3 is 6.18 Å². The van der Waals surface area contributed by atoms with E-state index in [-0.39, 0.29) is 22.7 Å². The molecule has 0 amide bonds. The van der Waals surface area contributed by atoms with Crippen LogP contribution in [0.15, 0.2) is 18.2 Å². The fourth-order valence-corrected chi connectivity index (χ4v) is 5.08. The van der Waals surface area contributed by atoms with E-state index in [4.69, 9.17) is 4.74 Å². The molecule has 0 unspecified atom stereocenters. The van der Waals surface area contributed by atoms with Crippen LogP contribution in [0.25, 0.3) is 0 Å². The molecule has 1 aliphatic carbocycles. The second kappa shape index (κ2) is 8.84. The molecule has 0 heterocycles. The van der Waals surface area contributed by atoms with Crippen molar-refractivity contribution in [2.24, 2.45) is 11.8 Å². The lowest BCUT2D eigenvalue weighted by Gasteiger charge is -2.29. The van der Waals surface area contributed by atoms with E-state index in [1.165, 1.54) is 19.2 Å². The Morgan fingerprint density at radius 2 is 1.70 bits per heavy atom. The number of rotatable bonds is 7. The van der Waals surface area contributed by atoms with E-state index in [1.807, 2.05) is 0 Å². The van der Waals surface area contributed by atoms with Crippen molar-refractivity contribution in [1.29, 1.82) is 0 Å². The molecule has 0 N–H and O–H groups in total. The quantitative estimate of drug-likeness (QED) is 0.619. The zero-order valence-corrected chi connectivity index (χ0v) is 17.0. The zero-order valence-electron chi connectivity index (χ0n) is 16.2. The molecule has 0 bridgehead atoms. The summed E-state index contributed by atoms with van der Waals surface area (Å²) in [6.45, 7) is 3.44. The first-order valence-electron chi connectivity index (χ1n) is 9.48. The van der Waals surface area contributed by atoms with Crippen molar-refractivity contribution in [3.63, 3.8) is 0 Å². The fourth-order valence-electron chi connectivity index (χ4n) is 3.70. The lowest BCUT2D eigenvalue weighted by molar-refractivity contribution is -0.138. The van der Waals surface area contributed by atoms with Crippen LogP contribution in [0.4, 0.5) is 13.2 Å². The molecule has 0 spiro atoms. The first kappa shape index (κ1) is 22.1. The second-order valence-electron chi connectivity index (χ2n) is 7.84. The van der Waals surface area contributed by atoms with Gasteiger partial charge < -0.3 is 4.74 Å². The molecular formula is C20H29F3O3S. The molecule has 1 aromatic carbocycles. The maximum atomic E-state index is 12.9. The summed E-state index contributed by atoms with van der Waals surface area (Å²) >= 11 is 0. The Bertz CT molecular complexity index is 718. The topological polar surface area (TPSA) is 43.4 Å². The molecule has 0 saturated heterocycles. The van der Waals surface area contributed by atoms with Gasteiger partial charge in [0.2, 0.25) is 0 Å². The van der Waals surface area contributed by atoms with Crippen LogP contribution in [0.5, 0.6) is 5.75 Å². The van der Waals surface area contributed by atoms with Crippen molar-refractivity contribution in [2.45, 2.75) is 63.8 Å². The summed E-state index contributed by atoms with van der Waals surface area (Å²) in [5.74, 6) is 0.867. The molecule has 27 heavy (non-hydrogen) atoms. The zero-order chi connectivity index (χ0) is 20.2. The van der Waals surface area contributed by atoms with Crippen LogP contribution >= 0.6 is 0 Å². The largest absolute Gasteiger partial charge is 0.496 e. The minimum Gasteiger partial charge on any atom is -0.496 e. The van der Waals surface area contributed by atoms with Gasteiger partial charge in [0.25, 0.3) is 0 Å². The predicted molar refractivity (Wildman–Crippen MR) is 101 cm³/mol. The van der Waals surface area contributed by atoms with E-state index in [1.54, 1.807) is 13.8 Å². The average molecular weight is 407 g/mol. The van der Waals surface area contributed by atoms with Crippen LogP contribution in [0.2, 0.25) is 0 Å². The SMILES string of the molecule is COc1cc(CCC2CCC(CS(=O)(=O)C(C)C)CC2)ccc1C(F)(F)F. The molecule has 7 heteroatoms. The Balaban J connectivity index is 1.87. The Morgan fingerprint density at radius 3 is 2.22 bits per heavy atom. The second-order valence-corrected chi connectivity index (χ2v) is 10.4. The third-order valence-electron chi connectivity index (χ3n) is 5.57. The molecule has 154 valence electrons. The number of hydrogen-bond acceptors (Lipinski definition) is 3. The Kier molecular flexibility index (Phi) is 7.22. The summed E-state index contributed by atoms with van der Waals surface area (Å²) < 4.78 is 67.8. The molecule has 1 aromatic rings. The molecule has 1 saturated carbocycles. The van der Waals surface area contributed by atoms with Crippen molar-refractivity contribution in [2.75, 3.05) is 12.9 Å². The van der Waals surface area contributed by atoms with Crippen molar-refractivity contribution in [1.82, 2.24) is 0 Å². The summed E-state index contributed by atoms with van der Waals surface area (Å²) in [5, 5.41) is -0.329. The third kappa shape index (κ3) is 6.13. The van der Waals surface area contributed by atoms with Crippen LogP contribution in [0.1, 0.15) is 57.1 Å². The lowest BCUT2D eigenvalue weighted by Crippen LogP contribution is -2.26. The van der Waals surface area contributed by atoms with Gasteiger partial charge in [-0.05, 0) is 69.1 Å². The number of benzene rings is 1. The predicted octanol–water partition coefficient (Wildman–Crippen LogP) is 5.28. The van der Waals surface area contributed by atoms with Gasteiger partial charge in [-0.2, -0.15) is 13.2 Å². The Hall–Kier alpha value is -1.24. The van der Waals surface area contributed by atoms with Gasteiger partial charge in [0.1, 0.15) is 5.75 Å². The molecule has 0 aliphatic heterocycles. The number of ether oxygens (including phenoxy) is 1. The van der Waals surface area contributed by atoms with Crippen LogP contribution in [-0.4, -0.2) is 26.5 Å². The van der Waals surface area contributed by atoms with Gasteiger partial charge in [-0.3, -0.25) is 0 Å². The molecule has 0 aromatic heterocycles. The van der Waals surface area contributed by atoms with E-state index in [9.17, 15) is 21.6 Å². The summed E-state index contributed by atoms with van der Waals surface area (Å²) in [7, 11) is -1.75. The highest BCUT2D eigenvalue weighted by molar-refractivity contribution is 7.91. The average Bonchev–Trinajstić information content (AvgIpc) is 2.59. The Morgan fingerprint density at radius 1 is 1.11 bits per heavy atom. The van der Waals surface area contributed by atoms with Crippen molar-refractivity contribution < 1.29 is 26.3 Å². The number of aryl methyl sites for hydroxylation is 1. The lowest BCUT2D eigenvalue weighted by atomic mass is 9.80. The normalized spacial score (nSPS) is 21.4. The van der Waals surface area contributed by atoms with E-state index < -0.39 is 21.6 Å². The maximum Gasteiger partial charge on any atom is 0.419 e. The Labute approximate surface area is 160 Å². The van der Waals surface area contributed by atoms with Gasteiger partial charge in [0.05, 0.1) is 23.7 Å². The maximum absolute atomic E-state index is 12.9. The highest BCUT2D eigenvalue weighted by atomic mass is 32.2. The van der Waals surface area contributed by atoms with Crippen LogP contribution in [0, 0.1) is 11.8 Å². The van der Waals surface area contributed by atoms with Gasteiger partial charge in [-0.1, -0.05) is 18.9 Å². The van der Waals surface area contributed by atoms with Crippen LogP contribution < -0.4 is 4.74 Å².